The van der Waals surface area contributed by atoms with Crippen LogP contribution in [0.4, 0.5) is 5.95 Å². The maximum atomic E-state index is 6.41. The third-order valence-electron chi connectivity index (χ3n) is 5.40. The SMILES string of the molecule is CN(N)/C(CNc1nccc(-n2cccn2)n1)=C(\N)c1ccc(OC2CCCCC2)cn1. The minimum absolute atomic E-state index is 0.275. The largest absolute Gasteiger partial charge is 0.489 e. The van der Waals surface area contributed by atoms with Crippen molar-refractivity contribution in [3.05, 3.63) is 60.4 Å². The molecule has 10 heteroatoms. The molecule has 0 spiro atoms. The summed E-state index contributed by atoms with van der Waals surface area (Å²) in [5.74, 6) is 7.90. The molecule has 1 saturated carbocycles. The summed E-state index contributed by atoms with van der Waals surface area (Å²) in [4.78, 5) is 13.2. The van der Waals surface area contributed by atoms with Crippen molar-refractivity contribution in [3.8, 4) is 11.6 Å². The number of rotatable bonds is 8. The van der Waals surface area contributed by atoms with Crippen molar-refractivity contribution in [2.75, 3.05) is 18.9 Å². The lowest BCUT2D eigenvalue weighted by molar-refractivity contribution is 0.154. The number of ether oxygens (including phenoxy) is 1. The number of hydrogen-bond acceptors (Lipinski definition) is 9. The van der Waals surface area contributed by atoms with Gasteiger partial charge in [0.15, 0.2) is 5.82 Å². The van der Waals surface area contributed by atoms with Crippen molar-refractivity contribution in [2.24, 2.45) is 11.6 Å². The second-order valence-electron chi connectivity index (χ2n) is 7.77. The van der Waals surface area contributed by atoms with Crippen LogP contribution in [0.1, 0.15) is 37.8 Å². The van der Waals surface area contributed by atoms with E-state index in [1.165, 1.54) is 24.3 Å². The lowest BCUT2D eigenvalue weighted by Gasteiger charge is -2.23. The molecule has 0 atom stereocenters. The standard InChI is InChI=1S/C22H29N9O/c1-30(24)19(15-27-22-25-12-10-20(29-22)31-13-5-11-28-31)21(23)18-9-8-17(14-26-18)32-16-6-3-2-4-7-16/h5,8-14,16H,2-4,6-7,15,23-24H2,1H3,(H,25,27,29)/b21-19-. The smallest absolute Gasteiger partial charge is 0.224 e. The zero-order valence-electron chi connectivity index (χ0n) is 18.2. The highest BCUT2D eigenvalue weighted by atomic mass is 16.5. The number of hydrogen-bond donors (Lipinski definition) is 3. The summed E-state index contributed by atoms with van der Waals surface area (Å²) in [7, 11) is 1.73. The molecule has 1 aliphatic carbocycles. The summed E-state index contributed by atoms with van der Waals surface area (Å²) in [6.07, 6.45) is 13.1. The van der Waals surface area contributed by atoms with Gasteiger partial charge in [-0.15, -0.1) is 0 Å². The number of anilines is 1. The summed E-state index contributed by atoms with van der Waals surface area (Å²) >= 11 is 0. The molecular weight excluding hydrogens is 406 g/mol. The summed E-state index contributed by atoms with van der Waals surface area (Å²) < 4.78 is 7.72. The lowest BCUT2D eigenvalue weighted by atomic mass is 9.98. The minimum atomic E-state index is 0.275. The fourth-order valence-electron chi connectivity index (χ4n) is 3.67. The van der Waals surface area contributed by atoms with E-state index in [2.05, 4.69) is 25.4 Å². The molecule has 4 rings (SSSR count). The third kappa shape index (κ3) is 5.33. The predicted molar refractivity (Wildman–Crippen MR) is 122 cm³/mol. The predicted octanol–water partition coefficient (Wildman–Crippen LogP) is 2.31. The van der Waals surface area contributed by atoms with Crippen LogP contribution in [0, 0.1) is 0 Å². The van der Waals surface area contributed by atoms with Gasteiger partial charge in [-0.3, -0.25) is 4.98 Å². The van der Waals surface area contributed by atoms with Crippen molar-refractivity contribution in [1.82, 2.24) is 29.7 Å². The Bertz CT molecular complexity index is 1030. The zero-order valence-corrected chi connectivity index (χ0v) is 18.2. The molecular formula is C22H29N9O. The second-order valence-corrected chi connectivity index (χ2v) is 7.77. The van der Waals surface area contributed by atoms with E-state index in [0.717, 1.165) is 18.6 Å². The highest BCUT2D eigenvalue weighted by Gasteiger charge is 2.16. The molecule has 0 bridgehead atoms. The normalized spacial score (nSPS) is 15.2. The molecule has 5 N–H and O–H groups in total. The Hall–Kier alpha value is -3.66. The Morgan fingerprint density at radius 1 is 1.19 bits per heavy atom. The lowest BCUT2D eigenvalue weighted by Crippen LogP contribution is -2.32. The quantitative estimate of drug-likeness (QED) is 0.360. The van der Waals surface area contributed by atoms with E-state index in [-0.39, 0.29) is 6.10 Å². The molecule has 0 saturated heterocycles. The Morgan fingerprint density at radius 2 is 2.03 bits per heavy atom. The average molecular weight is 436 g/mol. The van der Waals surface area contributed by atoms with Crippen LogP contribution >= 0.6 is 0 Å². The number of hydrazine groups is 1. The molecule has 168 valence electrons. The minimum Gasteiger partial charge on any atom is -0.489 e. The van der Waals surface area contributed by atoms with Crippen molar-refractivity contribution in [2.45, 2.75) is 38.2 Å². The molecule has 10 nitrogen and oxygen atoms in total. The molecule has 0 unspecified atom stereocenters. The third-order valence-corrected chi connectivity index (χ3v) is 5.40. The first-order valence-electron chi connectivity index (χ1n) is 10.8. The number of likely N-dealkylation sites (N-methyl/N-ethyl adjacent to an activating group) is 1. The highest BCUT2D eigenvalue weighted by molar-refractivity contribution is 5.63. The fourth-order valence-corrected chi connectivity index (χ4v) is 3.67. The average Bonchev–Trinajstić information content (AvgIpc) is 3.35. The van der Waals surface area contributed by atoms with Crippen LogP contribution in [0.2, 0.25) is 0 Å². The van der Waals surface area contributed by atoms with Crippen LogP contribution in [0.5, 0.6) is 5.75 Å². The van der Waals surface area contributed by atoms with Crippen molar-refractivity contribution < 1.29 is 4.74 Å². The molecule has 0 aromatic carbocycles. The Kier molecular flexibility index (Phi) is 6.81. The molecule has 32 heavy (non-hydrogen) atoms. The van der Waals surface area contributed by atoms with Gasteiger partial charge in [-0.1, -0.05) is 6.42 Å². The number of nitrogens with zero attached hydrogens (tertiary/aromatic N) is 6. The van der Waals surface area contributed by atoms with Crippen LogP contribution in [0.15, 0.2) is 54.7 Å². The van der Waals surface area contributed by atoms with Crippen molar-refractivity contribution in [1.29, 1.82) is 0 Å². The Balaban J connectivity index is 1.45. The Morgan fingerprint density at radius 3 is 2.72 bits per heavy atom. The summed E-state index contributed by atoms with van der Waals surface area (Å²) in [6, 6.07) is 7.37. The maximum absolute atomic E-state index is 6.41. The van der Waals surface area contributed by atoms with Gasteiger partial charge in [-0.05, 0) is 43.9 Å². The fraction of sp³-hybridized carbons (Fsp3) is 0.364. The number of nitrogens with one attached hydrogen (secondary N) is 1. The van der Waals surface area contributed by atoms with E-state index in [0.29, 0.717) is 35.4 Å². The molecule has 0 amide bonds. The van der Waals surface area contributed by atoms with E-state index in [1.807, 2.05) is 24.4 Å². The van der Waals surface area contributed by atoms with Crippen molar-refractivity contribution in [3.63, 3.8) is 0 Å². The van der Waals surface area contributed by atoms with Gasteiger partial charge >= 0.3 is 0 Å². The van der Waals surface area contributed by atoms with E-state index in [9.17, 15) is 0 Å². The van der Waals surface area contributed by atoms with Gasteiger partial charge in [-0.2, -0.15) is 10.1 Å². The summed E-state index contributed by atoms with van der Waals surface area (Å²) in [6.45, 7) is 0.323. The van der Waals surface area contributed by atoms with Gasteiger partial charge in [0.2, 0.25) is 5.95 Å². The second kappa shape index (κ2) is 10.1. The van der Waals surface area contributed by atoms with Crippen LogP contribution in [0.25, 0.3) is 11.5 Å². The number of aromatic nitrogens is 5. The first kappa shape index (κ1) is 21.6. The molecule has 3 aromatic heterocycles. The number of nitrogens with two attached hydrogens (primary N) is 2. The first-order valence-corrected chi connectivity index (χ1v) is 10.8. The molecule has 1 aliphatic rings. The summed E-state index contributed by atoms with van der Waals surface area (Å²) in [5, 5.41) is 8.82. The van der Waals surface area contributed by atoms with Gasteiger partial charge in [-0.25, -0.2) is 15.5 Å². The van der Waals surface area contributed by atoms with Gasteiger partial charge in [0.05, 0.1) is 35.9 Å². The van der Waals surface area contributed by atoms with Crippen LogP contribution in [0.3, 0.4) is 0 Å². The molecule has 0 radical (unpaired) electrons. The number of pyridine rings is 1. The highest BCUT2D eigenvalue weighted by Crippen LogP contribution is 2.24. The van der Waals surface area contributed by atoms with Gasteiger partial charge in [0, 0.05) is 31.7 Å². The van der Waals surface area contributed by atoms with Gasteiger partial charge in [0.1, 0.15) is 5.75 Å². The van der Waals surface area contributed by atoms with Gasteiger partial charge in [0.25, 0.3) is 0 Å². The van der Waals surface area contributed by atoms with Crippen LogP contribution in [-0.4, -0.2) is 49.4 Å². The van der Waals surface area contributed by atoms with Gasteiger partial charge < -0.3 is 20.8 Å². The summed E-state index contributed by atoms with van der Waals surface area (Å²) in [5.41, 5.74) is 8.16. The van der Waals surface area contributed by atoms with E-state index in [1.54, 1.807) is 36.4 Å². The van der Waals surface area contributed by atoms with E-state index < -0.39 is 0 Å². The molecule has 0 aliphatic heterocycles. The molecule has 3 heterocycles. The molecule has 1 fully saturated rings. The van der Waals surface area contributed by atoms with Crippen LogP contribution in [-0.2, 0) is 0 Å². The van der Waals surface area contributed by atoms with E-state index >= 15 is 0 Å². The maximum Gasteiger partial charge on any atom is 0.224 e. The monoisotopic (exact) mass is 435 g/mol. The molecule has 3 aromatic rings. The topological polar surface area (TPSA) is 133 Å². The zero-order chi connectivity index (χ0) is 22.3. The van der Waals surface area contributed by atoms with Crippen LogP contribution < -0.4 is 21.6 Å². The Labute approximate surface area is 187 Å². The van der Waals surface area contributed by atoms with Crippen molar-refractivity contribution >= 4 is 11.6 Å². The van der Waals surface area contributed by atoms with E-state index in [4.69, 9.17) is 16.3 Å². The first-order chi connectivity index (χ1) is 15.6.